The van der Waals surface area contributed by atoms with Crippen LogP contribution in [-0.4, -0.2) is 12.2 Å². The second-order valence-electron chi connectivity index (χ2n) is 23.4. The zero-order valence-electron chi connectivity index (χ0n) is 45.8. The Bertz CT molecular complexity index is 4020. The maximum absolute atomic E-state index is 6.05. The fraction of sp³-hybridized carbons (Fsp3) is 0.158. The molecule has 12 aromatic rings. The van der Waals surface area contributed by atoms with Gasteiger partial charge < -0.3 is 9.47 Å². The SMILES string of the molecule is CC(C)Oc1ccc(-c2c3ccccc3c(-c3ccc4c(c3)C(C)(C)c3cc(-c5ccc6c(c5)C(C)(C)c5cc(-c7c8ccccc8c(-c8ccc(OC(C)C)cc8)c8ccccc78)ccc5-6)ccc3-4)c3ccccc23)cc1. The monoisotopic (exact) mass is 1010 g/mol. The van der Waals surface area contributed by atoms with Crippen LogP contribution in [0.4, 0.5) is 0 Å². The zero-order valence-corrected chi connectivity index (χ0v) is 45.8. The Morgan fingerprint density at radius 1 is 0.256 bits per heavy atom. The second-order valence-corrected chi connectivity index (χ2v) is 23.4. The Morgan fingerprint density at radius 3 is 0.731 bits per heavy atom. The molecule has 0 atom stereocenters. The van der Waals surface area contributed by atoms with E-state index in [-0.39, 0.29) is 23.0 Å². The van der Waals surface area contributed by atoms with Crippen LogP contribution in [0.3, 0.4) is 0 Å². The average molecular weight is 1010 g/mol. The number of hydrogen-bond donors (Lipinski definition) is 0. The van der Waals surface area contributed by atoms with Crippen LogP contribution in [0.5, 0.6) is 11.5 Å². The first-order chi connectivity index (χ1) is 37.8. The van der Waals surface area contributed by atoms with Crippen LogP contribution >= 0.6 is 0 Å². The third kappa shape index (κ3) is 7.44. The van der Waals surface area contributed by atoms with Gasteiger partial charge in [-0.2, -0.15) is 0 Å². The molecule has 0 amide bonds. The standard InChI is InChI=1S/C76H62O2/c1-45(2)77-53-33-25-47(26-34-53)71-59-17-9-13-21-63(59)73(64-22-14-10-18-60(64)71)51-31-39-57-55-37-29-49(41-67(55)75(5,6)69(57)43-51)50-30-38-56-58-40-32-52(44-70(58)76(7,8)68(56)42-50)74-65-23-15-11-19-61(65)72(62-20-12-16-24-66(62)74)48-27-35-54(36-28-48)78-46(3)4/h9-46H,1-8H3. The summed E-state index contributed by atoms with van der Waals surface area (Å²) in [6.07, 6.45) is 0.246. The van der Waals surface area contributed by atoms with Gasteiger partial charge in [-0.05, 0) is 219 Å². The molecule has 2 nitrogen and oxygen atoms in total. The summed E-state index contributed by atoms with van der Waals surface area (Å²) in [6, 6.07) is 82.0. The molecule has 0 radical (unpaired) electrons. The summed E-state index contributed by atoms with van der Waals surface area (Å²) in [6.45, 7) is 17.9. The van der Waals surface area contributed by atoms with Crippen LogP contribution in [0.1, 0.15) is 77.6 Å². The van der Waals surface area contributed by atoms with E-state index in [4.69, 9.17) is 9.47 Å². The van der Waals surface area contributed by atoms with Crippen molar-refractivity contribution in [2.24, 2.45) is 0 Å². The molecule has 2 aliphatic rings. The normalized spacial score (nSPS) is 13.8. The molecule has 14 rings (SSSR count). The predicted octanol–water partition coefficient (Wildman–Crippen LogP) is 20.8. The van der Waals surface area contributed by atoms with E-state index in [9.17, 15) is 0 Å². The number of benzene rings is 12. The average Bonchev–Trinajstić information content (AvgIpc) is 4.04. The summed E-state index contributed by atoms with van der Waals surface area (Å²) < 4.78 is 12.1. The second kappa shape index (κ2) is 17.9. The minimum atomic E-state index is -0.218. The van der Waals surface area contributed by atoms with Crippen molar-refractivity contribution >= 4 is 43.1 Å². The molecule has 0 unspecified atom stereocenters. The number of fused-ring (bicyclic) bond motifs is 10. The molecule has 12 aromatic carbocycles. The van der Waals surface area contributed by atoms with Crippen LogP contribution in [-0.2, 0) is 10.8 Å². The Morgan fingerprint density at radius 2 is 0.474 bits per heavy atom. The Hall–Kier alpha value is -8.72. The minimum absolute atomic E-state index is 0.123. The van der Waals surface area contributed by atoms with E-state index in [0.717, 1.165) is 11.5 Å². The molecule has 378 valence electrons. The Balaban J connectivity index is 0.813. The van der Waals surface area contributed by atoms with Gasteiger partial charge in [-0.3, -0.25) is 0 Å². The first-order valence-electron chi connectivity index (χ1n) is 27.8. The number of hydrogen-bond acceptors (Lipinski definition) is 2. The molecular formula is C76H62O2. The van der Waals surface area contributed by atoms with Crippen LogP contribution in [0.2, 0.25) is 0 Å². The lowest BCUT2D eigenvalue weighted by Crippen LogP contribution is -2.15. The largest absolute Gasteiger partial charge is 0.491 e. The van der Waals surface area contributed by atoms with Crippen LogP contribution in [0.15, 0.2) is 218 Å². The summed E-state index contributed by atoms with van der Waals surface area (Å²) in [7, 11) is 0. The zero-order chi connectivity index (χ0) is 53.2. The molecule has 0 aliphatic heterocycles. The number of ether oxygens (including phenoxy) is 2. The highest BCUT2D eigenvalue weighted by Crippen LogP contribution is 2.55. The molecular weight excluding hydrogens is 945 g/mol. The predicted molar refractivity (Wildman–Crippen MR) is 330 cm³/mol. The van der Waals surface area contributed by atoms with Gasteiger partial charge >= 0.3 is 0 Å². The molecule has 0 N–H and O–H groups in total. The quantitative estimate of drug-likeness (QED) is 0.134. The van der Waals surface area contributed by atoms with Crippen molar-refractivity contribution in [2.45, 2.75) is 78.4 Å². The van der Waals surface area contributed by atoms with Gasteiger partial charge in [0.2, 0.25) is 0 Å². The maximum atomic E-state index is 6.05. The first kappa shape index (κ1) is 47.7. The molecule has 0 aromatic heterocycles. The van der Waals surface area contributed by atoms with E-state index in [0.29, 0.717) is 0 Å². The summed E-state index contributed by atoms with van der Waals surface area (Å²) >= 11 is 0. The lowest BCUT2D eigenvalue weighted by atomic mass is 9.79. The van der Waals surface area contributed by atoms with E-state index >= 15 is 0 Å². The van der Waals surface area contributed by atoms with Crippen molar-refractivity contribution in [1.29, 1.82) is 0 Å². The van der Waals surface area contributed by atoms with E-state index in [2.05, 4.69) is 274 Å². The highest BCUT2D eigenvalue weighted by atomic mass is 16.5. The maximum Gasteiger partial charge on any atom is 0.119 e. The van der Waals surface area contributed by atoms with E-state index in [1.165, 1.54) is 143 Å². The molecule has 2 aliphatic carbocycles. The van der Waals surface area contributed by atoms with Crippen molar-refractivity contribution < 1.29 is 9.47 Å². The van der Waals surface area contributed by atoms with Crippen molar-refractivity contribution in [3.05, 3.63) is 241 Å². The van der Waals surface area contributed by atoms with Crippen molar-refractivity contribution in [3.63, 3.8) is 0 Å². The first-order valence-corrected chi connectivity index (χ1v) is 27.8. The molecule has 2 heteroatoms. The van der Waals surface area contributed by atoms with Gasteiger partial charge in [-0.15, -0.1) is 0 Å². The van der Waals surface area contributed by atoms with Gasteiger partial charge in [-0.1, -0.05) is 198 Å². The van der Waals surface area contributed by atoms with E-state index in [1.807, 2.05) is 0 Å². The third-order valence-electron chi connectivity index (χ3n) is 17.2. The fourth-order valence-electron chi connectivity index (χ4n) is 13.6. The molecule has 0 spiro atoms. The van der Waals surface area contributed by atoms with Crippen LogP contribution in [0, 0.1) is 0 Å². The molecule has 0 fully saturated rings. The molecule has 0 saturated carbocycles. The Kier molecular flexibility index (Phi) is 11.0. The van der Waals surface area contributed by atoms with Gasteiger partial charge in [0.1, 0.15) is 11.5 Å². The molecule has 0 heterocycles. The van der Waals surface area contributed by atoms with E-state index < -0.39 is 0 Å². The molecule has 0 bridgehead atoms. The van der Waals surface area contributed by atoms with Crippen molar-refractivity contribution in [3.8, 4) is 89.4 Å². The summed E-state index contributed by atoms with van der Waals surface area (Å²) in [4.78, 5) is 0. The molecule has 0 saturated heterocycles. The summed E-state index contributed by atoms with van der Waals surface area (Å²) in [5.74, 6) is 1.78. The van der Waals surface area contributed by atoms with Crippen LogP contribution < -0.4 is 9.47 Å². The minimum Gasteiger partial charge on any atom is -0.491 e. The highest BCUT2D eigenvalue weighted by molar-refractivity contribution is 6.23. The van der Waals surface area contributed by atoms with Gasteiger partial charge in [0, 0.05) is 10.8 Å². The smallest absolute Gasteiger partial charge is 0.119 e. The molecule has 78 heavy (non-hydrogen) atoms. The van der Waals surface area contributed by atoms with Gasteiger partial charge in [0.15, 0.2) is 0 Å². The summed E-state index contributed by atoms with van der Waals surface area (Å²) in [5.41, 5.74) is 22.8. The van der Waals surface area contributed by atoms with Gasteiger partial charge in [0.25, 0.3) is 0 Å². The lowest BCUT2D eigenvalue weighted by molar-refractivity contribution is 0.242. The Labute approximate surface area is 458 Å². The lowest BCUT2D eigenvalue weighted by Gasteiger charge is -2.24. The van der Waals surface area contributed by atoms with E-state index in [1.54, 1.807) is 0 Å². The highest BCUT2D eigenvalue weighted by Gasteiger charge is 2.38. The summed E-state index contributed by atoms with van der Waals surface area (Å²) in [5, 5.41) is 10.0. The topological polar surface area (TPSA) is 18.5 Å². The van der Waals surface area contributed by atoms with Crippen molar-refractivity contribution in [2.75, 3.05) is 0 Å². The fourth-order valence-corrected chi connectivity index (χ4v) is 13.6. The van der Waals surface area contributed by atoms with Gasteiger partial charge in [-0.25, -0.2) is 0 Å². The van der Waals surface area contributed by atoms with Gasteiger partial charge in [0.05, 0.1) is 12.2 Å². The number of rotatable bonds is 9. The third-order valence-corrected chi connectivity index (χ3v) is 17.2. The van der Waals surface area contributed by atoms with Crippen molar-refractivity contribution in [1.82, 2.24) is 0 Å². The van der Waals surface area contributed by atoms with Crippen LogP contribution in [0.25, 0.3) is 121 Å².